The molecule has 36 heavy (non-hydrogen) atoms. The van der Waals surface area contributed by atoms with Crippen LogP contribution in [0.3, 0.4) is 0 Å². The molecule has 0 N–H and O–H groups in total. The SMILES string of the molecule is CC1=[C]([Zr]([C]2=CC(C(C)(C)C)=CC2C)=[C](c2ccccc2)c2ccccc2)CC(C(C)(C)C)=C1.Cl.Cl. The minimum atomic E-state index is -2.50. The second kappa shape index (κ2) is 12.1. The fraction of sp³-hybridized carbons (Fsp3) is 0.364. The van der Waals surface area contributed by atoms with Crippen molar-refractivity contribution in [3.05, 3.63) is 113 Å². The first-order valence-electron chi connectivity index (χ1n) is 12.7. The zero-order valence-electron chi connectivity index (χ0n) is 23.1. The Morgan fingerprint density at radius 3 is 1.64 bits per heavy atom. The average Bonchev–Trinajstić information content (AvgIpc) is 3.36. The van der Waals surface area contributed by atoms with E-state index in [1.54, 1.807) is 15.3 Å². The topological polar surface area (TPSA) is 0 Å². The molecule has 0 aliphatic heterocycles. The summed E-state index contributed by atoms with van der Waals surface area (Å²) in [6, 6.07) is 22.5. The van der Waals surface area contributed by atoms with Gasteiger partial charge in [0.2, 0.25) is 0 Å². The fourth-order valence-corrected chi connectivity index (χ4v) is 13.8. The van der Waals surface area contributed by atoms with Crippen LogP contribution in [0.4, 0.5) is 0 Å². The van der Waals surface area contributed by atoms with E-state index in [2.05, 4.69) is 134 Å². The number of benzene rings is 2. The minimum absolute atomic E-state index is 0. The van der Waals surface area contributed by atoms with E-state index in [1.807, 2.05) is 0 Å². The molecule has 0 radical (unpaired) electrons. The number of rotatable bonds is 4. The van der Waals surface area contributed by atoms with Crippen molar-refractivity contribution in [3.8, 4) is 0 Å². The van der Waals surface area contributed by atoms with Gasteiger partial charge in [0.15, 0.2) is 0 Å². The molecule has 0 aromatic heterocycles. The largest absolute Gasteiger partial charge is 0.147 e. The van der Waals surface area contributed by atoms with Gasteiger partial charge in [0.05, 0.1) is 0 Å². The van der Waals surface area contributed by atoms with Gasteiger partial charge in [-0.25, -0.2) is 0 Å². The third kappa shape index (κ3) is 6.59. The molecule has 2 aliphatic rings. The van der Waals surface area contributed by atoms with E-state index >= 15 is 0 Å². The van der Waals surface area contributed by atoms with Gasteiger partial charge >= 0.3 is 216 Å². The van der Waals surface area contributed by atoms with Gasteiger partial charge in [0.25, 0.3) is 0 Å². The van der Waals surface area contributed by atoms with E-state index in [9.17, 15) is 0 Å². The Hall–Kier alpha value is -1.27. The Morgan fingerprint density at radius 1 is 0.750 bits per heavy atom. The van der Waals surface area contributed by atoms with Crippen molar-refractivity contribution in [2.75, 3.05) is 0 Å². The number of hydrogen-bond donors (Lipinski definition) is 0. The van der Waals surface area contributed by atoms with Crippen LogP contribution in [0, 0.1) is 16.7 Å². The first-order valence-corrected chi connectivity index (χ1v) is 16.4. The Kier molecular flexibility index (Phi) is 10.4. The molecule has 0 amide bonds. The molecule has 192 valence electrons. The summed E-state index contributed by atoms with van der Waals surface area (Å²) in [5, 5.41) is 0. The zero-order valence-corrected chi connectivity index (χ0v) is 27.2. The molecule has 0 heterocycles. The molecule has 0 bridgehead atoms. The van der Waals surface area contributed by atoms with Crippen LogP contribution in [-0.2, 0) is 21.3 Å². The molecule has 0 saturated carbocycles. The molecule has 0 nitrogen and oxygen atoms in total. The molecule has 1 atom stereocenters. The summed E-state index contributed by atoms with van der Waals surface area (Å²) < 4.78 is 5.12. The van der Waals surface area contributed by atoms with Crippen LogP contribution in [0.2, 0.25) is 0 Å². The maximum absolute atomic E-state index is 2.61. The van der Waals surface area contributed by atoms with Gasteiger partial charge in [-0.2, -0.15) is 0 Å². The molecular formula is C33H42Cl2Zr. The normalized spacial score (nSPS) is 17.6. The van der Waals surface area contributed by atoms with Gasteiger partial charge in [0.1, 0.15) is 0 Å². The Bertz CT molecular complexity index is 1190. The number of allylic oxidation sites excluding steroid dienone is 8. The Labute approximate surface area is 239 Å². The first kappa shape index (κ1) is 31.0. The molecule has 0 saturated heterocycles. The quantitative estimate of drug-likeness (QED) is 0.328. The standard InChI is InChI=1S/C13H10.2C10H15.2ClH.Zr/c1-3-7-12(8-4-1)11-13-9-5-2-6-10-13;2*1-8-5-6-9(7-8)10(2,3)4;;;/h1-10H;7H,6H2,1-4H3;6-8H,1-4H3;2*1H;. The van der Waals surface area contributed by atoms with Gasteiger partial charge < -0.3 is 0 Å². The van der Waals surface area contributed by atoms with Crippen LogP contribution in [0.1, 0.15) is 72.9 Å². The van der Waals surface area contributed by atoms with Gasteiger partial charge in [-0.05, 0) is 0 Å². The van der Waals surface area contributed by atoms with E-state index in [-0.39, 0.29) is 35.6 Å². The van der Waals surface area contributed by atoms with Gasteiger partial charge in [0, 0.05) is 0 Å². The molecule has 2 aromatic rings. The van der Waals surface area contributed by atoms with Gasteiger partial charge in [-0.3, -0.25) is 0 Å². The van der Waals surface area contributed by atoms with Crippen LogP contribution in [0.15, 0.2) is 102 Å². The summed E-state index contributed by atoms with van der Waals surface area (Å²) in [5.74, 6) is 0.505. The predicted molar refractivity (Wildman–Crippen MR) is 160 cm³/mol. The van der Waals surface area contributed by atoms with Crippen LogP contribution in [-0.4, -0.2) is 3.21 Å². The van der Waals surface area contributed by atoms with Crippen LogP contribution >= 0.6 is 24.8 Å². The molecule has 0 spiro atoms. The third-order valence-electron chi connectivity index (χ3n) is 7.26. The maximum Gasteiger partial charge on any atom is -0.147 e. The van der Waals surface area contributed by atoms with Crippen molar-refractivity contribution in [1.29, 1.82) is 0 Å². The van der Waals surface area contributed by atoms with Crippen molar-refractivity contribution in [2.24, 2.45) is 16.7 Å². The van der Waals surface area contributed by atoms with Crippen molar-refractivity contribution < 1.29 is 21.3 Å². The predicted octanol–water partition coefficient (Wildman–Crippen LogP) is 9.87. The summed E-state index contributed by atoms with van der Waals surface area (Å²) in [6.45, 7) is 19.0. The molecule has 1 unspecified atom stereocenters. The van der Waals surface area contributed by atoms with E-state index < -0.39 is 21.3 Å². The molecule has 3 heteroatoms. The van der Waals surface area contributed by atoms with Gasteiger partial charge in [-0.1, -0.05) is 0 Å². The molecular weight excluding hydrogens is 558 g/mol. The first-order chi connectivity index (χ1) is 16.0. The van der Waals surface area contributed by atoms with Crippen LogP contribution in [0.5, 0.6) is 0 Å². The van der Waals surface area contributed by atoms with Crippen molar-refractivity contribution in [1.82, 2.24) is 0 Å². The summed E-state index contributed by atoms with van der Waals surface area (Å²) in [6.07, 6.45) is 8.82. The van der Waals surface area contributed by atoms with E-state index in [1.165, 1.54) is 22.3 Å². The summed E-state index contributed by atoms with van der Waals surface area (Å²) in [7, 11) is 0. The molecule has 2 aliphatic carbocycles. The van der Waals surface area contributed by atoms with Crippen molar-refractivity contribution in [2.45, 2.75) is 61.8 Å². The van der Waals surface area contributed by atoms with E-state index in [4.69, 9.17) is 0 Å². The smallest absolute Gasteiger partial charge is 0.147 e. The molecule has 0 fully saturated rings. The Morgan fingerprint density at radius 2 is 1.25 bits per heavy atom. The molecule has 4 rings (SSSR count). The van der Waals surface area contributed by atoms with E-state index in [0.717, 1.165) is 6.42 Å². The van der Waals surface area contributed by atoms with Crippen molar-refractivity contribution >= 4 is 28.0 Å². The number of hydrogen-bond acceptors (Lipinski definition) is 0. The van der Waals surface area contributed by atoms with E-state index in [0.29, 0.717) is 5.92 Å². The van der Waals surface area contributed by atoms with Crippen LogP contribution < -0.4 is 0 Å². The van der Waals surface area contributed by atoms with Gasteiger partial charge in [-0.15, -0.1) is 24.8 Å². The minimum Gasteiger partial charge on any atom is -0.147 e. The fourth-order valence-electron chi connectivity index (χ4n) is 5.10. The molecule has 2 aromatic carbocycles. The Balaban J connectivity index is 0.00000228. The van der Waals surface area contributed by atoms with Crippen LogP contribution in [0.25, 0.3) is 0 Å². The maximum atomic E-state index is 2.61. The second-order valence-corrected chi connectivity index (χ2v) is 18.0. The second-order valence-electron chi connectivity index (χ2n) is 12.0. The summed E-state index contributed by atoms with van der Waals surface area (Å²) in [4.78, 5) is 0. The third-order valence-corrected chi connectivity index (χ3v) is 15.7. The summed E-state index contributed by atoms with van der Waals surface area (Å²) >= 11 is -2.50. The monoisotopic (exact) mass is 598 g/mol. The zero-order chi connectivity index (χ0) is 24.7. The summed E-state index contributed by atoms with van der Waals surface area (Å²) in [5.41, 5.74) is 7.83. The number of halogens is 2. The van der Waals surface area contributed by atoms with Crippen molar-refractivity contribution in [3.63, 3.8) is 0 Å². The average molecular weight is 601 g/mol.